The number of rotatable bonds is 14. The molecule has 0 aromatic heterocycles. The highest BCUT2D eigenvalue weighted by Crippen LogP contribution is 2.19. The number of allylic oxidation sites excluding steroid dienone is 8. The summed E-state index contributed by atoms with van der Waals surface area (Å²) in [5.74, 6) is -1.62. The predicted octanol–water partition coefficient (Wildman–Crippen LogP) is 7.26. The fraction of sp³-hybridized carbons (Fsp3) is 0.571. The van der Waals surface area contributed by atoms with Crippen LogP contribution in [0, 0.1) is 0 Å². The zero-order chi connectivity index (χ0) is 18.8. The maximum Gasteiger partial charge on any atom is 0.449 e. The maximum atomic E-state index is 12.0. The van der Waals surface area contributed by atoms with E-state index in [0.29, 0.717) is 12.8 Å². The molecule has 0 rings (SSSR count). The molecule has 0 unspecified atom stereocenters. The number of Topliss-reactive ketones (excluding diaryl/α,β-unsaturated/α-hetero) is 1. The van der Waals surface area contributed by atoms with E-state index < -0.39 is 18.4 Å². The summed E-state index contributed by atoms with van der Waals surface area (Å²) in [6.45, 7) is 2.19. The van der Waals surface area contributed by atoms with Crippen molar-refractivity contribution < 1.29 is 18.0 Å². The Morgan fingerprint density at radius 2 is 1.16 bits per heavy atom. The van der Waals surface area contributed by atoms with Crippen molar-refractivity contribution in [2.24, 2.45) is 0 Å². The summed E-state index contributed by atoms with van der Waals surface area (Å²) in [6, 6.07) is 0. The summed E-state index contributed by atoms with van der Waals surface area (Å²) in [7, 11) is 0. The molecule has 0 amide bonds. The summed E-state index contributed by atoms with van der Waals surface area (Å²) >= 11 is 0. The summed E-state index contributed by atoms with van der Waals surface area (Å²) in [5.41, 5.74) is 0. The molecule has 0 saturated heterocycles. The van der Waals surface area contributed by atoms with Gasteiger partial charge < -0.3 is 0 Å². The summed E-state index contributed by atoms with van der Waals surface area (Å²) in [4.78, 5) is 10.7. The Kier molecular flexibility index (Phi) is 14.9. The molecule has 0 aliphatic carbocycles. The first-order chi connectivity index (χ1) is 12.0. The Hall–Kier alpha value is -1.58. The number of alkyl halides is 3. The molecule has 0 heterocycles. The lowest BCUT2D eigenvalue weighted by atomic mass is 10.1. The topological polar surface area (TPSA) is 17.1 Å². The first-order valence-corrected chi connectivity index (χ1v) is 9.18. The molecule has 0 aromatic rings. The third-order valence-electron chi connectivity index (χ3n) is 3.55. The molecule has 0 fully saturated rings. The fourth-order valence-corrected chi connectivity index (χ4v) is 2.06. The molecule has 0 radical (unpaired) electrons. The lowest BCUT2D eigenvalue weighted by molar-refractivity contribution is -0.171. The average molecular weight is 356 g/mol. The van der Waals surface area contributed by atoms with Crippen molar-refractivity contribution in [2.45, 2.75) is 77.3 Å². The standard InChI is InChI=1S/C21H31F3O/c1-2-3-4-5-6-7-8-9-10-11-12-13-14-15-16-17-18-19-20(25)21(22,23)24/h5-6,8-9,11-12,14-15H,2-4,7,10,13,16-19H2,1H3/b6-5-,9-8-,12-11-,15-14-. The molecule has 4 heteroatoms. The van der Waals surface area contributed by atoms with E-state index in [-0.39, 0.29) is 6.42 Å². The minimum absolute atomic E-state index is 0.288. The normalized spacial score (nSPS) is 13.1. The Morgan fingerprint density at radius 1 is 0.720 bits per heavy atom. The van der Waals surface area contributed by atoms with Gasteiger partial charge in [-0.3, -0.25) is 4.79 Å². The minimum atomic E-state index is -4.68. The predicted molar refractivity (Wildman–Crippen MR) is 99.5 cm³/mol. The summed E-state index contributed by atoms with van der Waals surface area (Å²) in [5, 5.41) is 0. The number of halogens is 3. The Bertz CT molecular complexity index is 443. The molecule has 0 N–H and O–H groups in total. The van der Waals surface area contributed by atoms with Gasteiger partial charge in [0.1, 0.15) is 0 Å². The third kappa shape index (κ3) is 17.0. The maximum absolute atomic E-state index is 12.0. The van der Waals surface area contributed by atoms with Gasteiger partial charge in [0, 0.05) is 6.42 Å². The van der Waals surface area contributed by atoms with E-state index in [2.05, 4.69) is 43.4 Å². The molecule has 0 spiro atoms. The third-order valence-corrected chi connectivity index (χ3v) is 3.55. The van der Waals surface area contributed by atoms with Gasteiger partial charge in [-0.2, -0.15) is 13.2 Å². The second kappa shape index (κ2) is 15.9. The first kappa shape index (κ1) is 23.4. The van der Waals surface area contributed by atoms with Gasteiger partial charge in [-0.1, -0.05) is 68.4 Å². The van der Waals surface area contributed by atoms with Gasteiger partial charge in [0.05, 0.1) is 0 Å². The monoisotopic (exact) mass is 356 g/mol. The highest BCUT2D eigenvalue weighted by Gasteiger charge is 2.36. The van der Waals surface area contributed by atoms with Crippen LogP contribution in [-0.2, 0) is 4.79 Å². The zero-order valence-electron chi connectivity index (χ0n) is 15.2. The molecule has 142 valence electrons. The molecular weight excluding hydrogens is 325 g/mol. The second-order valence-corrected chi connectivity index (χ2v) is 5.90. The van der Waals surface area contributed by atoms with Crippen molar-refractivity contribution in [3.05, 3.63) is 48.6 Å². The minimum Gasteiger partial charge on any atom is -0.290 e. The van der Waals surface area contributed by atoms with E-state index in [9.17, 15) is 18.0 Å². The van der Waals surface area contributed by atoms with Crippen LogP contribution < -0.4 is 0 Å². The van der Waals surface area contributed by atoms with Crippen LogP contribution in [0.2, 0.25) is 0 Å². The molecule has 1 nitrogen and oxygen atoms in total. The second-order valence-electron chi connectivity index (χ2n) is 5.90. The smallest absolute Gasteiger partial charge is 0.290 e. The SMILES string of the molecule is CCCC/C=C\C/C=C\C/C=C\C/C=C\CCCCC(=O)C(F)(F)F. The number of ketones is 1. The van der Waals surface area contributed by atoms with E-state index in [4.69, 9.17) is 0 Å². The molecular formula is C21H31F3O. The van der Waals surface area contributed by atoms with Crippen molar-refractivity contribution in [3.8, 4) is 0 Å². The number of carbonyl (C=O) groups excluding carboxylic acids is 1. The van der Waals surface area contributed by atoms with E-state index in [0.717, 1.165) is 25.7 Å². The summed E-state index contributed by atoms with van der Waals surface area (Å²) < 4.78 is 35.9. The molecule has 0 aliphatic heterocycles. The fourth-order valence-electron chi connectivity index (χ4n) is 2.06. The van der Waals surface area contributed by atoms with Crippen LogP contribution in [0.4, 0.5) is 13.2 Å². The summed E-state index contributed by atoms with van der Waals surface area (Å²) in [6.07, 6.45) is 19.7. The lowest BCUT2D eigenvalue weighted by Crippen LogP contribution is -2.22. The van der Waals surface area contributed by atoms with Gasteiger partial charge in [-0.05, 0) is 44.9 Å². The number of hydrogen-bond acceptors (Lipinski definition) is 1. The number of hydrogen-bond donors (Lipinski definition) is 0. The quantitative estimate of drug-likeness (QED) is 0.236. The molecule has 0 aromatic carbocycles. The molecule has 0 bridgehead atoms. The van der Waals surface area contributed by atoms with Gasteiger partial charge in [-0.15, -0.1) is 0 Å². The van der Waals surface area contributed by atoms with Crippen molar-refractivity contribution in [2.75, 3.05) is 0 Å². The van der Waals surface area contributed by atoms with E-state index in [1.54, 1.807) is 0 Å². The molecule has 0 aliphatic rings. The Labute approximate surface area is 150 Å². The van der Waals surface area contributed by atoms with Crippen LogP contribution in [0.25, 0.3) is 0 Å². The largest absolute Gasteiger partial charge is 0.449 e. The number of unbranched alkanes of at least 4 members (excludes halogenated alkanes) is 4. The van der Waals surface area contributed by atoms with Crippen LogP contribution in [0.5, 0.6) is 0 Å². The van der Waals surface area contributed by atoms with Gasteiger partial charge >= 0.3 is 6.18 Å². The first-order valence-electron chi connectivity index (χ1n) is 9.18. The highest BCUT2D eigenvalue weighted by atomic mass is 19.4. The van der Waals surface area contributed by atoms with Crippen molar-refractivity contribution in [3.63, 3.8) is 0 Å². The van der Waals surface area contributed by atoms with Crippen LogP contribution in [0.3, 0.4) is 0 Å². The number of carbonyl (C=O) groups is 1. The van der Waals surface area contributed by atoms with Gasteiger partial charge in [-0.25, -0.2) is 0 Å². The lowest BCUT2D eigenvalue weighted by Gasteiger charge is -2.03. The Balaban J connectivity index is 3.51. The Morgan fingerprint density at radius 3 is 1.60 bits per heavy atom. The van der Waals surface area contributed by atoms with Gasteiger partial charge in [0.2, 0.25) is 5.78 Å². The average Bonchev–Trinajstić information content (AvgIpc) is 2.56. The van der Waals surface area contributed by atoms with Crippen LogP contribution in [-0.4, -0.2) is 12.0 Å². The molecule has 0 atom stereocenters. The van der Waals surface area contributed by atoms with Crippen molar-refractivity contribution >= 4 is 5.78 Å². The molecule has 25 heavy (non-hydrogen) atoms. The van der Waals surface area contributed by atoms with Crippen LogP contribution in [0.15, 0.2) is 48.6 Å². The molecule has 0 saturated carbocycles. The van der Waals surface area contributed by atoms with Crippen LogP contribution >= 0.6 is 0 Å². The zero-order valence-corrected chi connectivity index (χ0v) is 15.2. The van der Waals surface area contributed by atoms with Crippen LogP contribution in [0.1, 0.15) is 71.1 Å². The van der Waals surface area contributed by atoms with E-state index in [1.165, 1.54) is 12.8 Å². The van der Waals surface area contributed by atoms with E-state index in [1.807, 2.05) is 12.2 Å². The van der Waals surface area contributed by atoms with E-state index >= 15 is 0 Å². The van der Waals surface area contributed by atoms with Gasteiger partial charge in [0.15, 0.2) is 0 Å². The van der Waals surface area contributed by atoms with Gasteiger partial charge in [0.25, 0.3) is 0 Å². The highest BCUT2D eigenvalue weighted by molar-refractivity contribution is 5.83. The van der Waals surface area contributed by atoms with Crippen molar-refractivity contribution in [1.29, 1.82) is 0 Å². The van der Waals surface area contributed by atoms with Crippen molar-refractivity contribution in [1.82, 2.24) is 0 Å².